The standard InChI is InChI=1S/C20H18F2N3O3P/c1-23-18-7-6-16-20(24-18)19-15(22)8-14(21)9-17(19)25(16)10-12-2-4-13(5-3-12)11-29(26,27)28/h2-9H,10-11H2,1H3,(H,23,24)(H2,26,27,28). The molecule has 0 aliphatic heterocycles. The van der Waals surface area contributed by atoms with Crippen LogP contribution in [0.3, 0.4) is 0 Å². The quantitative estimate of drug-likeness (QED) is 0.423. The van der Waals surface area contributed by atoms with Crippen LogP contribution in [0.25, 0.3) is 21.9 Å². The summed E-state index contributed by atoms with van der Waals surface area (Å²) < 4.78 is 41.5. The number of rotatable bonds is 5. The van der Waals surface area contributed by atoms with Crippen molar-refractivity contribution in [3.05, 3.63) is 71.3 Å². The van der Waals surface area contributed by atoms with Crippen LogP contribution in [0.5, 0.6) is 0 Å². The lowest BCUT2D eigenvalue weighted by molar-refractivity contribution is 0.371. The van der Waals surface area contributed by atoms with Gasteiger partial charge in [0.05, 0.1) is 22.6 Å². The summed E-state index contributed by atoms with van der Waals surface area (Å²) in [7, 11) is -2.44. The van der Waals surface area contributed by atoms with E-state index in [1.165, 1.54) is 6.07 Å². The Hall–Kier alpha value is -2.80. The molecule has 29 heavy (non-hydrogen) atoms. The van der Waals surface area contributed by atoms with Gasteiger partial charge in [-0.3, -0.25) is 4.57 Å². The zero-order valence-corrected chi connectivity index (χ0v) is 16.3. The molecule has 9 heteroatoms. The van der Waals surface area contributed by atoms with Gasteiger partial charge >= 0.3 is 7.60 Å². The maximum absolute atomic E-state index is 14.6. The van der Waals surface area contributed by atoms with E-state index in [1.54, 1.807) is 48.0 Å². The van der Waals surface area contributed by atoms with Crippen LogP contribution in [-0.4, -0.2) is 26.4 Å². The average Bonchev–Trinajstić information content (AvgIpc) is 2.95. The minimum absolute atomic E-state index is 0.247. The first-order chi connectivity index (χ1) is 13.7. The highest BCUT2D eigenvalue weighted by Crippen LogP contribution is 2.39. The highest BCUT2D eigenvalue weighted by atomic mass is 31.2. The molecule has 0 atom stereocenters. The van der Waals surface area contributed by atoms with Crippen molar-refractivity contribution in [3.8, 4) is 0 Å². The van der Waals surface area contributed by atoms with Crippen molar-refractivity contribution in [3.63, 3.8) is 0 Å². The normalized spacial score (nSPS) is 12.0. The van der Waals surface area contributed by atoms with Gasteiger partial charge in [0.2, 0.25) is 0 Å². The van der Waals surface area contributed by atoms with Crippen molar-refractivity contribution in [2.75, 3.05) is 12.4 Å². The second-order valence-electron chi connectivity index (χ2n) is 6.82. The summed E-state index contributed by atoms with van der Waals surface area (Å²) in [5.41, 5.74) is 2.81. The summed E-state index contributed by atoms with van der Waals surface area (Å²) >= 11 is 0. The van der Waals surface area contributed by atoms with Crippen LogP contribution in [0, 0.1) is 11.6 Å². The number of nitrogens with zero attached hydrogens (tertiary/aromatic N) is 2. The van der Waals surface area contributed by atoms with Gasteiger partial charge in [0.15, 0.2) is 0 Å². The summed E-state index contributed by atoms with van der Waals surface area (Å²) in [6.45, 7) is 0.319. The maximum atomic E-state index is 14.6. The molecule has 3 N–H and O–H groups in total. The van der Waals surface area contributed by atoms with Crippen molar-refractivity contribution in [2.24, 2.45) is 0 Å². The monoisotopic (exact) mass is 417 g/mol. The van der Waals surface area contributed by atoms with E-state index in [4.69, 9.17) is 9.79 Å². The third-order valence-corrected chi connectivity index (χ3v) is 5.51. The number of benzene rings is 2. The molecular formula is C20H18F2N3O3P. The van der Waals surface area contributed by atoms with Gasteiger partial charge in [-0.2, -0.15) is 0 Å². The van der Waals surface area contributed by atoms with Crippen LogP contribution < -0.4 is 5.32 Å². The first kappa shape index (κ1) is 19.5. The van der Waals surface area contributed by atoms with E-state index in [9.17, 15) is 13.3 Å². The van der Waals surface area contributed by atoms with Crippen LogP contribution >= 0.6 is 7.60 Å². The molecule has 2 heterocycles. The minimum atomic E-state index is -4.15. The van der Waals surface area contributed by atoms with Crippen LogP contribution in [0.4, 0.5) is 14.6 Å². The van der Waals surface area contributed by atoms with E-state index in [-0.39, 0.29) is 11.5 Å². The van der Waals surface area contributed by atoms with Gasteiger partial charge < -0.3 is 19.7 Å². The summed E-state index contributed by atoms with van der Waals surface area (Å²) in [5, 5.41) is 3.16. The SMILES string of the molecule is CNc1ccc2c(n1)c1c(F)cc(F)cc1n2Cc1ccc(CP(=O)(O)O)cc1. The molecular weight excluding hydrogens is 399 g/mol. The summed E-state index contributed by atoms with van der Waals surface area (Å²) in [6.07, 6.45) is -0.338. The lowest BCUT2D eigenvalue weighted by Gasteiger charge is -2.10. The van der Waals surface area contributed by atoms with Crippen molar-refractivity contribution in [1.29, 1.82) is 0 Å². The number of halogens is 2. The molecule has 0 fully saturated rings. The summed E-state index contributed by atoms with van der Waals surface area (Å²) in [6, 6.07) is 12.4. The molecule has 0 unspecified atom stereocenters. The Balaban J connectivity index is 1.83. The van der Waals surface area contributed by atoms with Crippen LogP contribution in [0.1, 0.15) is 11.1 Å². The third-order valence-electron chi connectivity index (χ3n) is 4.73. The molecule has 2 aromatic carbocycles. The van der Waals surface area contributed by atoms with E-state index >= 15 is 0 Å². The van der Waals surface area contributed by atoms with Crippen molar-refractivity contribution in [1.82, 2.24) is 9.55 Å². The maximum Gasteiger partial charge on any atom is 0.329 e. The highest BCUT2D eigenvalue weighted by Gasteiger charge is 2.18. The predicted molar refractivity (Wildman–Crippen MR) is 108 cm³/mol. The summed E-state index contributed by atoms with van der Waals surface area (Å²) in [4.78, 5) is 22.7. The second-order valence-corrected chi connectivity index (χ2v) is 8.47. The van der Waals surface area contributed by atoms with Gasteiger partial charge in [-0.1, -0.05) is 24.3 Å². The van der Waals surface area contributed by atoms with E-state index in [0.29, 0.717) is 34.5 Å². The lowest BCUT2D eigenvalue weighted by atomic mass is 10.1. The topological polar surface area (TPSA) is 87.4 Å². The largest absolute Gasteiger partial charge is 0.373 e. The van der Waals surface area contributed by atoms with Crippen molar-refractivity contribution in [2.45, 2.75) is 12.7 Å². The Labute approximate surface area is 165 Å². The smallest absolute Gasteiger partial charge is 0.329 e. The Morgan fingerprint density at radius 1 is 1.03 bits per heavy atom. The van der Waals surface area contributed by atoms with Gasteiger partial charge in [-0.15, -0.1) is 0 Å². The predicted octanol–water partition coefficient (Wildman–Crippen LogP) is 4.24. The third kappa shape index (κ3) is 3.87. The summed E-state index contributed by atoms with van der Waals surface area (Å²) in [5.74, 6) is -0.784. The Bertz CT molecular complexity index is 1270. The fraction of sp³-hybridized carbons (Fsp3) is 0.150. The molecule has 0 amide bonds. The molecule has 4 rings (SSSR count). The van der Waals surface area contributed by atoms with Crippen LogP contribution in [0.15, 0.2) is 48.5 Å². The molecule has 0 saturated heterocycles. The number of aromatic nitrogens is 2. The molecule has 150 valence electrons. The molecule has 0 bridgehead atoms. The molecule has 0 radical (unpaired) electrons. The fourth-order valence-corrected chi connectivity index (χ4v) is 4.16. The van der Waals surface area contributed by atoms with Gasteiger partial charge in [0.25, 0.3) is 0 Å². The Kier molecular flexibility index (Phi) is 4.86. The molecule has 0 saturated carbocycles. The van der Waals surface area contributed by atoms with E-state index in [0.717, 1.165) is 11.6 Å². The zero-order valence-electron chi connectivity index (χ0n) is 15.4. The zero-order chi connectivity index (χ0) is 20.8. The highest BCUT2D eigenvalue weighted by molar-refractivity contribution is 7.50. The first-order valence-electron chi connectivity index (χ1n) is 8.83. The van der Waals surface area contributed by atoms with Gasteiger partial charge in [0, 0.05) is 19.7 Å². The number of pyridine rings is 1. The van der Waals surface area contributed by atoms with E-state index < -0.39 is 19.2 Å². The van der Waals surface area contributed by atoms with Crippen molar-refractivity contribution < 1.29 is 23.1 Å². The fourth-order valence-electron chi connectivity index (χ4n) is 3.47. The number of nitrogens with one attached hydrogen (secondary N) is 1. The van der Waals surface area contributed by atoms with Gasteiger partial charge in [-0.05, 0) is 29.3 Å². The number of hydrogen-bond acceptors (Lipinski definition) is 3. The molecule has 0 aliphatic rings. The van der Waals surface area contributed by atoms with Gasteiger partial charge in [-0.25, -0.2) is 13.8 Å². The molecule has 6 nitrogen and oxygen atoms in total. The second kappa shape index (κ2) is 7.22. The minimum Gasteiger partial charge on any atom is -0.373 e. The molecule has 0 aliphatic carbocycles. The number of hydrogen-bond donors (Lipinski definition) is 3. The lowest BCUT2D eigenvalue weighted by Crippen LogP contribution is -2.00. The van der Waals surface area contributed by atoms with Gasteiger partial charge in [0.1, 0.15) is 23.0 Å². The average molecular weight is 417 g/mol. The molecule has 2 aromatic heterocycles. The van der Waals surface area contributed by atoms with E-state index in [1.807, 2.05) is 0 Å². The molecule has 0 spiro atoms. The number of fused-ring (bicyclic) bond motifs is 3. The van der Waals surface area contributed by atoms with E-state index in [2.05, 4.69) is 10.3 Å². The molecule has 4 aromatic rings. The Morgan fingerprint density at radius 2 is 1.72 bits per heavy atom. The van der Waals surface area contributed by atoms with Crippen molar-refractivity contribution >= 4 is 35.3 Å². The van der Waals surface area contributed by atoms with Crippen LogP contribution in [-0.2, 0) is 17.3 Å². The first-order valence-corrected chi connectivity index (χ1v) is 10.6. The van der Waals surface area contributed by atoms with Crippen LogP contribution in [0.2, 0.25) is 0 Å². The number of anilines is 1. The Morgan fingerprint density at radius 3 is 2.38 bits per heavy atom.